The summed E-state index contributed by atoms with van der Waals surface area (Å²) in [5.41, 5.74) is 0.377. The number of hydrogen-bond acceptors (Lipinski definition) is 4. The molecule has 2 N–H and O–H groups in total. The van der Waals surface area contributed by atoms with E-state index >= 15 is 0 Å². The highest BCUT2D eigenvalue weighted by molar-refractivity contribution is 5.97. The van der Waals surface area contributed by atoms with Crippen molar-refractivity contribution in [3.63, 3.8) is 0 Å². The maximum absolute atomic E-state index is 12.5. The van der Waals surface area contributed by atoms with E-state index in [1.807, 2.05) is 0 Å². The molecule has 0 unspecified atom stereocenters. The molecule has 0 atom stereocenters. The lowest BCUT2D eigenvalue weighted by Crippen LogP contribution is -2.41. The molecule has 2 heterocycles. The minimum atomic E-state index is -0.327. The number of pyridine rings is 2. The number of hydrogen-bond donors (Lipinski definition) is 2. The number of amides is 1. The van der Waals surface area contributed by atoms with Crippen molar-refractivity contribution in [1.82, 2.24) is 15.3 Å². The number of H-pyrrole nitrogens is 1. The van der Waals surface area contributed by atoms with E-state index in [4.69, 9.17) is 4.74 Å². The molecule has 0 aromatic carbocycles. The molecule has 0 saturated heterocycles. The van der Waals surface area contributed by atoms with Gasteiger partial charge in [-0.2, -0.15) is 0 Å². The maximum Gasteiger partial charge on any atom is 0.256 e. The third-order valence-corrected chi connectivity index (χ3v) is 4.46. The summed E-state index contributed by atoms with van der Waals surface area (Å²) in [6.45, 7) is 6.17. The van der Waals surface area contributed by atoms with Crippen molar-refractivity contribution >= 4 is 16.8 Å². The van der Waals surface area contributed by atoms with E-state index < -0.39 is 0 Å². The Kier molecular flexibility index (Phi) is 4.90. The summed E-state index contributed by atoms with van der Waals surface area (Å²) in [4.78, 5) is 31.9. The lowest BCUT2D eigenvalue weighted by atomic mass is 9.92. The zero-order chi connectivity index (χ0) is 18.0. The summed E-state index contributed by atoms with van der Waals surface area (Å²) in [7, 11) is 0. The van der Waals surface area contributed by atoms with Crippen LogP contribution >= 0.6 is 0 Å². The fourth-order valence-electron chi connectivity index (χ4n) is 3.32. The molecule has 2 aromatic rings. The monoisotopic (exact) mass is 343 g/mol. The highest BCUT2D eigenvalue weighted by Crippen LogP contribution is 2.25. The predicted molar refractivity (Wildman–Crippen MR) is 96.7 cm³/mol. The Bertz CT molecular complexity index is 815. The van der Waals surface area contributed by atoms with Crippen LogP contribution in [-0.4, -0.2) is 33.6 Å². The summed E-state index contributed by atoms with van der Waals surface area (Å²) in [6.07, 6.45) is 8.37. The van der Waals surface area contributed by atoms with Gasteiger partial charge in [0.15, 0.2) is 0 Å². The van der Waals surface area contributed by atoms with Crippen LogP contribution in [0.4, 0.5) is 0 Å². The second kappa shape index (κ2) is 6.96. The van der Waals surface area contributed by atoms with Crippen molar-refractivity contribution < 1.29 is 9.53 Å². The number of nitrogens with one attached hydrogen (secondary N) is 2. The summed E-state index contributed by atoms with van der Waals surface area (Å²) < 4.78 is 6.01. The Balaban J connectivity index is 1.64. The van der Waals surface area contributed by atoms with Crippen LogP contribution in [0.15, 0.2) is 29.5 Å². The molecule has 0 radical (unpaired) electrons. The molecule has 2 aromatic heterocycles. The molecule has 134 valence electrons. The number of nitrogens with zero attached hydrogens (tertiary/aromatic N) is 1. The van der Waals surface area contributed by atoms with Crippen molar-refractivity contribution in [1.29, 1.82) is 0 Å². The highest BCUT2D eigenvalue weighted by Gasteiger charge is 2.27. The SMILES string of the molecule is CC(C)(C)OC1CCC(NC(=O)c2c[nH]c3ccncc3c2=O)CC1. The number of fused-ring (bicyclic) bond motifs is 1. The lowest BCUT2D eigenvalue weighted by Gasteiger charge is -2.33. The first kappa shape index (κ1) is 17.6. The van der Waals surface area contributed by atoms with Crippen molar-refractivity contribution in [2.75, 3.05) is 0 Å². The van der Waals surface area contributed by atoms with Gasteiger partial charge >= 0.3 is 0 Å². The molecular weight excluding hydrogens is 318 g/mol. The molecule has 1 amide bonds. The van der Waals surface area contributed by atoms with Crippen LogP contribution in [-0.2, 0) is 4.74 Å². The van der Waals surface area contributed by atoms with E-state index in [-0.39, 0.29) is 34.6 Å². The van der Waals surface area contributed by atoms with Crippen molar-refractivity contribution in [2.24, 2.45) is 0 Å². The van der Waals surface area contributed by atoms with Crippen LogP contribution in [0.1, 0.15) is 56.8 Å². The van der Waals surface area contributed by atoms with Gasteiger partial charge in [0.05, 0.1) is 22.6 Å². The summed E-state index contributed by atoms with van der Waals surface area (Å²) >= 11 is 0. The number of ether oxygens (including phenoxy) is 1. The largest absolute Gasteiger partial charge is 0.373 e. The molecule has 1 aliphatic carbocycles. The van der Waals surface area contributed by atoms with Gasteiger partial charge in [0.2, 0.25) is 5.43 Å². The number of aromatic nitrogens is 2. The minimum absolute atomic E-state index is 0.0799. The summed E-state index contributed by atoms with van der Waals surface area (Å²) in [5.74, 6) is -0.327. The van der Waals surface area contributed by atoms with Crippen LogP contribution in [0.3, 0.4) is 0 Å². The molecule has 1 saturated carbocycles. The third-order valence-electron chi connectivity index (χ3n) is 4.46. The fourth-order valence-corrected chi connectivity index (χ4v) is 3.32. The van der Waals surface area contributed by atoms with Gasteiger partial charge in [-0.3, -0.25) is 14.6 Å². The van der Waals surface area contributed by atoms with Crippen molar-refractivity contribution in [3.05, 3.63) is 40.4 Å². The van der Waals surface area contributed by atoms with E-state index in [9.17, 15) is 9.59 Å². The van der Waals surface area contributed by atoms with Gasteiger partial charge < -0.3 is 15.0 Å². The van der Waals surface area contributed by atoms with E-state index in [0.717, 1.165) is 25.7 Å². The average Bonchev–Trinajstić information content (AvgIpc) is 2.56. The molecule has 25 heavy (non-hydrogen) atoms. The first-order valence-electron chi connectivity index (χ1n) is 8.77. The van der Waals surface area contributed by atoms with E-state index in [0.29, 0.717) is 10.9 Å². The summed E-state index contributed by atoms with van der Waals surface area (Å²) in [6, 6.07) is 1.80. The molecule has 3 rings (SSSR count). The van der Waals surface area contributed by atoms with Gasteiger partial charge in [-0.25, -0.2) is 0 Å². The molecular formula is C19H25N3O3. The summed E-state index contributed by atoms with van der Waals surface area (Å²) in [5, 5.41) is 3.42. The zero-order valence-electron chi connectivity index (χ0n) is 15.0. The Labute approximate surface area is 147 Å². The quantitative estimate of drug-likeness (QED) is 0.897. The van der Waals surface area contributed by atoms with E-state index in [2.05, 4.69) is 36.1 Å². The second-order valence-corrected chi connectivity index (χ2v) is 7.63. The highest BCUT2D eigenvalue weighted by atomic mass is 16.5. The van der Waals surface area contributed by atoms with Gasteiger partial charge in [-0.05, 0) is 52.5 Å². The second-order valence-electron chi connectivity index (χ2n) is 7.63. The Morgan fingerprint density at radius 2 is 2.00 bits per heavy atom. The van der Waals surface area contributed by atoms with Crippen LogP contribution in [0.25, 0.3) is 10.9 Å². The van der Waals surface area contributed by atoms with Crippen LogP contribution in [0, 0.1) is 0 Å². The van der Waals surface area contributed by atoms with Crippen molar-refractivity contribution in [3.8, 4) is 0 Å². The van der Waals surface area contributed by atoms with Gasteiger partial charge in [-0.1, -0.05) is 0 Å². The first-order chi connectivity index (χ1) is 11.8. The number of carbonyl (C=O) groups excluding carboxylic acids is 1. The standard InChI is InChI=1S/C19H25N3O3/c1-19(2,3)25-13-6-4-12(5-7-13)22-18(24)15-11-21-16-8-9-20-10-14(16)17(15)23/h8-13H,4-7H2,1-3H3,(H,21,23)(H,22,24). The topological polar surface area (TPSA) is 84.1 Å². The normalized spacial score (nSPS) is 21.2. The van der Waals surface area contributed by atoms with Gasteiger partial charge in [-0.15, -0.1) is 0 Å². The number of aromatic amines is 1. The van der Waals surface area contributed by atoms with Crippen LogP contribution in [0.2, 0.25) is 0 Å². The Morgan fingerprint density at radius 3 is 2.68 bits per heavy atom. The van der Waals surface area contributed by atoms with Gasteiger partial charge in [0.25, 0.3) is 5.91 Å². The molecule has 6 heteroatoms. The van der Waals surface area contributed by atoms with E-state index in [1.54, 1.807) is 12.3 Å². The molecule has 1 aliphatic rings. The van der Waals surface area contributed by atoms with Gasteiger partial charge in [0.1, 0.15) is 5.56 Å². The molecule has 1 fully saturated rings. The third kappa shape index (κ3) is 4.25. The zero-order valence-corrected chi connectivity index (χ0v) is 15.0. The molecule has 6 nitrogen and oxygen atoms in total. The smallest absolute Gasteiger partial charge is 0.256 e. The molecule has 0 spiro atoms. The predicted octanol–water partition coefficient (Wildman–Crippen LogP) is 2.78. The van der Waals surface area contributed by atoms with Crippen molar-refractivity contribution in [2.45, 2.75) is 64.2 Å². The number of carbonyl (C=O) groups is 1. The van der Waals surface area contributed by atoms with Crippen LogP contribution < -0.4 is 10.7 Å². The first-order valence-corrected chi connectivity index (χ1v) is 8.77. The molecule has 0 bridgehead atoms. The average molecular weight is 343 g/mol. The van der Waals surface area contributed by atoms with Gasteiger partial charge in [0, 0.05) is 24.6 Å². The lowest BCUT2D eigenvalue weighted by molar-refractivity contribution is -0.0757. The van der Waals surface area contributed by atoms with Crippen LogP contribution in [0.5, 0.6) is 0 Å². The fraction of sp³-hybridized carbons (Fsp3) is 0.526. The number of rotatable bonds is 3. The Hall–Kier alpha value is -2.21. The van der Waals surface area contributed by atoms with E-state index in [1.165, 1.54) is 12.4 Å². The Morgan fingerprint density at radius 1 is 1.28 bits per heavy atom. The maximum atomic E-state index is 12.5. The molecule has 0 aliphatic heterocycles. The minimum Gasteiger partial charge on any atom is -0.373 e.